The highest BCUT2D eigenvalue weighted by Gasteiger charge is 2.10. The van der Waals surface area contributed by atoms with Crippen molar-refractivity contribution in [1.82, 2.24) is 15.2 Å². The van der Waals surface area contributed by atoms with Crippen LogP contribution in [0.5, 0.6) is 11.6 Å². The molecule has 162 valence electrons. The molecule has 0 fully saturated rings. The molecule has 2 heterocycles. The first-order valence-corrected chi connectivity index (χ1v) is 10.3. The maximum absolute atomic E-state index is 12.6. The number of nitrogens with zero attached hydrogens (tertiary/aromatic N) is 2. The summed E-state index contributed by atoms with van der Waals surface area (Å²) in [7, 11) is 1.65. The van der Waals surface area contributed by atoms with Gasteiger partial charge in [-0.25, -0.2) is 4.98 Å². The number of aromatic amines is 1. The minimum absolute atomic E-state index is 0.232. The fourth-order valence-electron chi connectivity index (χ4n) is 3.25. The molecule has 1 amide bonds. The van der Waals surface area contributed by atoms with Crippen molar-refractivity contribution >= 4 is 11.7 Å². The van der Waals surface area contributed by atoms with Gasteiger partial charge in [-0.1, -0.05) is 30.3 Å². The van der Waals surface area contributed by atoms with Gasteiger partial charge in [-0.3, -0.25) is 9.89 Å². The van der Waals surface area contributed by atoms with Gasteiger partial charge in [-0.15, -0.1) is 0 Å². The molecule has 32 heavy (non-hydrogen) atoms. The number of nitrogens with one attached hydrogen (secondary N) is 2. The number of pyridine rings is 1. The summed E-state index contributed by atoms with van der Waals surface area (Å²) in [6, 6.07) is 22.6. The van der Waals surface area contributed by atoms with Gasteiger partial charge in [0.05, 0.1) is 19.4 Å². The molecule has 2 N–H and O–H groups in total. The zero-order valence-corrected chi connectivity index (χ0v) is 18.0. The van der Waals surface area contributed by atoms with Gasteiger partial charge in [0.1, 0.15) is 5.75 Å². The summed E-state index contributed by atoms with van der Waals surface area (Å²) in [5, 5.41) is 9.63. The third-order valence-corrected chi connectivity index (χ3v) is 4.87. The van der Waals surface area contributed by atoms with Crippen LogP contribution in [0.25, 0.3) is 11.3 Å². The number of benzene rings is 2. The number of aromatic nitrogens is 3. The Hall–Kier alpha value is -4.13. The summed E-state index contributed by atoms with van der Waals surface area (Å²) >= 11 is 0. The van der Waals surface area contributed by atoms with Crippen LogP contribution in [0, 0.1) is 6.92 Å². The Kier molecular flexibility index (Phi) is 6.46. The number of carbonyl (C=O) groups is 1. The van der Waals surface area contributed by atoms with E-state index in [0.29, 0.717) is 23.9 Å². The van der Waals surface area contributed by atoms with Crippen molar-refractivity contribution in [2.45, 2.75) is 13.3 Å². The number of ether oxygens (including phenoxy) is 2. The van der Waals surface area contributed by atoms with Gasteiger partial charge in [0.2, 0.25) is 5.88 Å². The molecule has 4 aromatic rings. The van der Waals surface area contributed by atoms with Crippen molar-refractivity contribution in [1.29, 1.82) is 0 Å². The highest BCUT2D eigenvalue weighted by atomic mass is 16.5. The van der Waals surface area contributed by atoms with Crippen molar-refractivity contribution in [3.8, 4) is 22.9 Å². The Balaban J connectivity index is 1.42. The lowest BCUT2D eigenvalue weighted by atomic mass is 10.1. The first kappa shape index (κ1) is 21.1. The average Bonchev–Trinajstić information content (AvgIpc) is 3.24. The van der Waals surface area contributed by atoms with E-state index in [9.17, 15) is 4.79 Å². The van der Waals surface area contributed by atoms with E-state index in [4.69, 9.17) is 9.47 Å². The van der Waals surface area contributed by atoms with Gasteiger partial charge < -0.3 is 14.8 Å². The molecule has 0 radical (unpaired) electrons. The number of hydrogen-bond donors (Lipinski definition) is 2. The maximum Gasteiger partial charge on any atom is 0.256 e. The van der Waals surface area contributed by atoms with E-state index < -0.39 is 0 Å². The monoisotopic (exact) mass is 428 g/mol. The molecular formula is C25H24N4O3. The second kappa shape index (κ2) is 9.78. The Bertz CT molecular complexity index is 1220. The highest BCUT2D eigenvalue weighted by Crippen LogP contribution is 2.22. The highest BCUT2D eigenvalue weighted by molar-refractivity contribution is 6.04. The topological polar surface area (TPSA) is 89.1 Å². The van der Waals surface area contributed by atoms with Crippen LogP contribution in [0.4, 0.5) is 5.82 Å². The van der Waals surface area contributed by atoms with Crippen LogP contribution in [0.3, 0.4) is 0 Å². The fourth-order valence-corrected chi connectivity index (χ4v) is 3.25. The molecule has 0 unspecified atom stereocenters. The van der Waals surface area contributed by atoms with E-state index in [2.05, 4.69) is 20.5 Å². The van der Waals surface area contributed by atoms with E-state index in [1.165, 1.54) is 0 Å². The quantitative estimate of drug-likeness (QED) is 0.426. The second-order valence-corrected chi connectivity index (χ2v) is 7.28. The maximum atomic E-state index is 12.6. The van der Waals surface area contributed by atoms with Gasteiger partial charge in [0, 0.05) is 35.4 Å². The lowest BCUT2D eigenvalue weighted by Gasteiger charge is -2.09. The van der Waals surface area contributed by atoms with Crippen molar-refractivity contribution in [2.75, 3.05) is 19.0 Å². The SMILES string of the molecule is COc1cccc(CCOc2cccc(-c3cccc(C(=O)Nc4cc(C)[nH]n4)c3)n2)c1. The number of amides is 1. The zero-order chi connectivity index (χ0) is 22.3. The van der Waals surface area contributed by atoms with E-state index in [1.807, 2.05) is 61.5 Å². The minimum Gasteiger partial charge on any atom is -0.497 e. The first-order chi connectivity index (χ1) is 15.6. The Morgan fingerprint density at radius 3 is 2.69 bits per heavy atom. The van der Waals surface area contributed by atoms with Crippen LogP contribution >= 0.6 is 0 Å². The summed E-state index contributed by atoms with van der Waals surface area (Å²) in [6.45, 7) is 2.37. The summed E-state index contributed by atoms with van der Waals surface area (Å²) in [6.07, 6.45) is 0.741. The van der Waals surface area contributed by atoms with Crippen LogP contribution < -0.4 is 14.8 Å². The molecule has 2 aromatic carbocycles. The van der Waals surface area contributed by atoms with Gasteiger partial charge in [0.15, 0.2) is 5.82 Å². The molecule has 2 aromatic heterocycles. The number of methoxy groups -OCH3 is 1. The van der Waals surface area contributed by atoms with Gasteiger partial charge in [-0.2, -0.15) is 5.10 Å². The molecule has 0 aliphatic heterocycles. The summed E-state index contributed by atoms with van der Waals surface area (Å²) in [5.74, 6) is 1.62. The zero-order valence-electron chi connectivity index (χ0n) is 18.0. The van der Waals surface area contributed by atoms with Crippen molar-refractivity contribution < 1.29 is 14.3 Å². The molecule has 0 aliphatic rings. The van der Waals surface area contributed by atoms with Gasteiger partial charge in [-0.05, 0) is 42.8 Å². The number of anilines is 1. The molecule has 7 nitrogen and oxygen atoms in total. The normalized spacial score (nSPS) is 10.6. The van der Waals surface area contributed by atoms with Crippen LogP contribution in [-0.2, 0) is 6.42 Å². The second-order valence-electron chi connectivity index (χ2n) is 7.28. The Morgan fingerprint density at radius 2 is 1.88 bits per heavy atom. The smallest absolute Gasteiger partial charge is 0.256 e. The van der Waals surface area contributed by atoms with Crippen molar-refractivity contribution in [2.24, 2.45) is 0 Å². The predicted molar refractivity (Wildman–Crippen MR) is 123 cm³/mol. The van der Waals surface area contributed by atoms with Crippen molar-refractivity contribution in [3.63, 3.8) is 0 Å². The molecule has 0 spiro atoms. The van der Waals surface area contributed by atoms with Crippen LogP contribution in [0.15, 0.2) is 72.8 Å². The van der Waals surface area contributed by atoms with Crippen molar-refractivity contribution in [3.05, 3.63) is 89.6 Å². The summed E-state index contributed by atoms with van der Waals surface area (Å²) < 4.78 is 11.1. The number of rotatable bonds is 8. The predicted octanol–water partition coefficient (Wildman–Crippen LogP) is 4.66. The van der Waals surface area contributed by atoms with Gasteiger partial charge >= 0.3 is 0 Å². The molecule has 0 atom stereocenters. The number of hydrogen-bond acceptors (Lipinski definition) is 5. The van der Waals surface area contributed by atoms with Crippen LogP contribution in [0.1, 0.15) is 21.6 Å². The molecule has 0 bridgehead atoms. The van der Waals surface area contributed by atoms with Gasteiger partial charge in [0.25, 0.3) is 5.91 Å². The van der Waals surface area contributed by atoms with E-state index >= 15 is 0 Å². The van der Waals surface area contributed by atoms with E-state index in [-0.39, 0.29) is 5.91 Å². The Labute approximate surface area is 186 Å². The third-order valence-electron chi connectivity index (χ3n) is 4.87. The van der Waals surface area contributed by atoms with Crippen LogP contribution in [-0.4, -0.2) is 34.8 Å². The molecule has 0 aliphatic carbocycles. The Morgan fingerprint density at radius 1 is 1.03 bits per heavy atom. The molecule has 0 saturated heterocycles. The summed E-state index contributed by atoms with van der Waals surface area (Å²) in [5.41, 5.74) is 4.09. The third kappa shape index (κ3) is 5.31. The van der Waals surface area contributed by atoms with Crippen LogP contribution in [0.2, 0.25) is 0 Å². The fraction of sp³-hybridized carbons (Fsp3) is 0.160. The lowest BCUT2D eigenvalue weighted by Crippen LogP contribution is -2.12. The molecule has 7 heteroatoms. The van der Waals surface area contributed by atoms with E-state index in [0.717, 1.165) is 34.7 Å². The first-order valence-electron chi connectivity index (χ1n) is 10.3. The molecule has 0 saturated carbocycles. The molecule has 4 rings (SSSR count). The number of aryl methyl sites for hydroxylation is 1. The standard InChI is InChI=1S/C25H24N4O3/c1-17-14-23(29-28-17)27-25(30)20-8-4-7-19(16-20)22-10-5-11-24(26-22)32-13-12-18-6-3-9-21(15-18)31-2/h3-11,14-16H,12-13H2,1-2H3,(H2,27,28,29,30). The largest absolute Gasteiger partial charge is 0.497 e. The lowest BCUT2D eigenvalue weighted by molar-refractivity contribution is 0.102. The average molecular weight is 428 g/mol. The number of H-pyrrole nitrogens is 1. The molecular weight excluding hydrogens is 404 g/mol. The van der Waals surface area contributed by atoms with E-state index in [1.54, 1.807) is 25.3 Å². The minimum atomic E-state index is -0.232. The summed E-state index contributed by atoms with van der Waals surface area (Å²) in [4.78, 5) is 17.2. The number of carbonyl (C=O) groups excluding carboxylic acids is 1.